The van der Waals surface area contributed by atoms with Gasteiger partial charge in [-0.05, 0) is 43.3 Å². The lowest BCUT2D eigenvalue weighted by Gasteiger charge is -2.35. The van der Waals surface area contributed by atoms with Gasteiger partial charge in [0.1, 0.15) is 11.6 Å². The molecule has 4 rings (SSSR count). The minimum atomic E-state index is -0.220. The normalized spacial score (nSPS) is 13.7. The van der Waals surface area contributed by atoms with Crippen LogP contribution in [0.15, 0.2) is 59.4 Å². The molecule has 0 spiro atoms. The molecule has 0 aliphatic carbocycles. The van der Waals surface area contributed by atoms with Gasteiger partial charge in [0.15, 0.2) is 0 Å². The Hall–Kier alpha value is -3.52. The number of urea groups is 1. The number of amides is 2. The fourth-order valence-corrected chi connectivity index (χ4v) is 3.72. The van der Waals surface area contributed by atoms with E-state index in [-0.39, 0.29) is 11.6 Å². The molecular weight excluding hydrogens is 430 g/mol. The van der Waals surface area contributed by atoms with Gasteiger partial charge in [-0.25, -0.2) is 4.79 Å². The van der Waals surface area contributed by atoms with Gasteiger partial charge in [0, 0.05) is 37.3 Å². The van der Waals surface area contributed by atoms with E-state index in [1.54, 1.807) is 36.3 Å². The molecule has 166 valence electrons. The van der Waals surface area contributed by atoms with E-state index < -0.39 is 0 Å². The molecule has 2 amide bonds. The summed E-state index contributed by atoms with van der Waals surface area (Å²) < 4.78 is 6.69. The summed E-state index contributed by atoms with van der Waals surface area (Å²) in [6.07, 6.45) is 0. The number of methoxy groups -OCH3 is 1. The molecule has 0 unspecified atom stereocenters. The molecule has 1 fully saturated rings. The van der Waals surface area contributed by atoms with E-state index >= 15 is 0 Å². The van der Waals surface area contributed by atoms with Crippen LogP contribution in [0.1, 0.15) is 5.56 Å². The van der Waals surface area contributed by atoms with Crippen molar-refractivity contribution >= 4 is 29.1 Å². The monoisotopic (exact) mass is 453 g/mol. The van der Waals surface area contributed by atoms with Crippen LogP contribution in [0.3, 0.4) is 0 Å². The van der Waals surface area contributed by atoms with Crippen molar-refractivity contribution in [3.8, 4) is 11.4 Å². The third-order valence-corrected chi connectivity index (χ3v) is 5.59. The van der Waals surface area contributed by atoms with E-state index in [4.69, 9.17) is 16.3 Å². The highest BCUT2D eigenvalue weighted by Gasteiger charge is 2.23. The fourth-order valence-electron chi connectivity index (χ4n) is 3.55. The minimum Gasteiger partial charge on any atom is -0.495 e. The van der Waals surface area contributed by atoms with Gasteiger partial charge >= 0.3 is 6.03 Å². The number of carbonyl (C=O) groups is 1. The van der Waals surface area contributed by atoms with Gasteiger partial charge < -0.3 is 19.9 Å². The maximum Gasteiger partial charge on any atom is 0.322 e. The molecule has 1 aliphatic heterocycles. The summed E-state index contributed by atoms with van der Waals surface area (Å²) >= 11 is 6.05. The van der Waals surface area contributed by atoms with E-state index in [1.807, 2.05) is 31.2 Å². The maximum atomic E-state index is 12.7. The molecule has 2 aromatic carbocycles. The number of hydrogen-bond donors (Lipinski definition) is 1. The Balaban J connectivity index is 1.43. The van der Waals surface area contributed by atoms with Crippen molar-refractivity contribution in [3.63, 3.8) is 0 Å². The SMILES string of the molecule is COc1ccc(Cl)cc1NC(=O)N1CCN(c2ccc(=O)n(-c3ccc(C)cc3)n2)CC1. The molecule has 2 heterocycles. The lowest BCUT2D eigenvalue weighted by atomic mass is 10.2. The molecule has 3 aromatic rings. The zero-order valence-electron chi connectivity index (χ0n) is 17.9. The minimum absolute atomic E-state index is 0.189. The van der Waals surface area contributed by atoms with E-state index in [2.05, 4.69) is 15.3 Å². The number of aromatic nitrogens is 2. The second kappa shape index (κ2) is 9.32. The van der Waals surface area contributed by atoms with Crippen LogP contribution in [0, 0.1) is 6.92 Å². The standard InChI is InChI=1S/C23H24ClN5O3/c1-16-3-6-18(7-4-16)29-22(30)10-9-21(26-29)27-11-13-28(14-12-27)23(31)25-19-15-17(24)5-8-20(19)32-2/h3-10,15H,11-14H2,1-2H3,(H,25,31). The highest BCUT2D eigenvalue weighted by Crippen LogP contribution is 2.28. The maximum absolute atomic E-state index is 12.7. The van der Waals surface area contributed by atoms with Gasteiger partial charge in [-0.1, -0.05) is 29.3 Å². The number of nitrogens with zero attached hydrogens (tertiary/aromatic N) is 4. The van der Waals surface area contributed by atoms with Crippen molar-refractivity contribution < 1.29 is 9.53 Å². The lowest BCUT2D eigenvalue weighted by Crippen LogP contribution is -2.50. The van der Waals surface area contributed by atoms with Crippen LogP contribution < -0.4 is 20.5 Å². The van der Waals surface area contributed by atoms with Gasteiger partial charge in [-0.2, -0.15) is 4.68 Å². The summed E-state index contributed by atoms with van der Waals surface area (Å²) in [6, 6.07) is 15.7. The van der Waals surface area contributed by atoms with Crippen molar-refractivity contribution in [2.75, 3.05) is 43.5 Å². The van der Waals surface area contributed by atoms with Crippen molar-refractivity contribution in [2.45, 2.75) is 6.92 Å². The Morgan fingerprint density at radius 2 is 1.75 bits per heavy atom. The number of piperazine rings is 1. The van der Waals surface area contributed by atoms with Crippen molar-refractivity contribution in [1.29, 1.82) is 0 Å². The summed E-state index contributed by atoms with van der Waals surface area (Å²) in [5.74, 6) is 1.24. The summed E-state index contributed by atoms with van der Waals surface area (Å²) in [7, 11) is 1.54. The van der Waals surface area contributed by atoms with Crippen LogP contribution in [0.25, 0.3) is 5.69 Å². The predicted molar refractivity (Wildman–Crippen MR) is 125 cm³/mol. The Morgan fingerprint density at radius 3 is 2.44 bits per heavy atom. The predicted octanol–water partition coefficient (Wildman–Crippen LogP) is 3.56. The van der Waals surface area contributed by atoms with Crippen molar-refractivity contribution in [3.05, 3.63) is 75.5 Å². The third kappa shape index (κ3) is 4.70. The first kappa shape index (κ1) is 21.7. The molecule has 8 nitrogen and oxygen atoms in total. The molecule has 0 atom stereocenters. The average molecular weight is 454 g/mol. The summed E-state index contributed by atoms with van der Waals surface area (Å²) in [4.78, 5) is 28.9. The van der Waals surface area contributed by atoms with Crippen LogP contribution >= 0.6 is 11.6 Å². The van der Waals surface area contributed by atoms with E-state index in [1.165, 1.54) is 10.7 Å². The van der Waals surface area contributed by atoms with Gasteiger partial charge in [0.05, 0.1) is 18.5 Å². The Bertz CT molecular complexity index is 1170. The molecule has 32 heavy (non-hydrogen) atoms. The molecule has 0 radical (unpaired) electrons. The van der Waals surface area contributed by atoms with E-state index in [0.717, 1.165) is 11.3 Å². The highest BCUT2D eigenvalue weighted by molar-refractivity contribution is 6.31. The van der Waals surface area contributed by atoms with Crippen molar-refractivity contribution in [1.82, 2.24) is 14.7 Å². The molecule has 1 aromatic heterocycles. The molecule has 1 saturated heterocycles. The van der Waals surface area contributed by atoms with Crippen LogP contribution in [0.2, 0.25) is 5.02 Å². The molecule has 0 bridgehead atoms. The quantitative estimate of drug-likeness (QED) is 0.653. The number of anilines is 2. The summed E-state index contributed by atoms with van der Waals surface area (Å²) in [5.41, 5.74) is 2.17. The second-order valence-electron chi connectivity index (χ2n) is 7.53. The number of ether oxygens (including phenoxy) is 1. The largest absolute Gasteiger partial charge is 0.495 e. The van der Waals surface area contributed by atoms with E-state index in [0.29, 0.717) is 48.5 Å². The van der Waals surface area contributed by atoms with Gasteiger partial charge in [-0.3, -0.25) is 4.79 Å². The number of benzene rings is 2. The number of aryl methyl sites for hydroxylation is 1. The molecule has 1 N–H and O–H groups in total. The summed E-state index contributed by atoms with van der Waals surface area (Å²) in [6.45, 7) is 4.22. The van der Waals surface area contributed by atoms with Gasteiger partial charge in [0.2, 0.25) is 0 Å². The summed E-state index contributed by atoms with van der Waals surface area (Å²) in [5, 5.41) is 7.93. The number of hydrogen-bond acceptors (Lipinski definition) is 5. The zero-order valence-corrected chi connectivity index (χ0v) is 18.7. The molecule has 9 heteroatoms. The molecule has 1 aliphatic rings. The topological polar surface area (TPSA) is 79.7 Å². The number of rotatable bonds is 4. The van der Waals surface area contributed by atoms with Gasteiger partial charge in [-0.15, -0.1) is 5.10 Å². The molecule has 0 saturated carbocycles. The number of carbonyl (C=O) groups excluding carboxylic acids is 1. The fraction of sp³-hybridized carbons (Fsp3) is 0.261. The Kier molecular flexibility index (Phi) is 6.32. The Morgan fingerprint density at radius 1 is 1.03 bits per heavy atom. The zero-order chi connectivity index (χ0) is 22.7. The first-order valence-electron chi connectivity index (χ1n) is 10.3. The second-order valence-corrected chi connectivity index (χ2v) is 7.96. The number of nitrogens with one attached hydrogen (secondary N) is 1. The number of halogens is 1. The first-order chi connectivity index (χ1) is 15.4. The lowest BCUT2D eigenvalue weighted by molar-refractivity contribution is 0.208. The average Bonchev–Trinajstić information content (AvgIpc) is 2.80. The van der Waals surface area contributed by atoms with Crippen LogP contribution in [-0.2, 0) is 0 Å². The smallest absolute Gasteiger partial charge is 0.322 e. The third-order valence-electron chi connectivity index (χ3n) is 5.36. The van der Waals surface area contributed by atoms with Crippen LogP contribution in [0.4, 0.5) is 16.3 Å². The van der Waals surface area contributed by atoms with Gasteiger partial charge in [0.25, 0.3) is 5.56 Å². The first-order valence-corrected chi connectivity index (χ1v) is 10.6. The van der Waals surface area contributed by atoms with Crippen LogP contribution in [-0.4, -0.2) is 54.0 Å². The Labute approximate surface area is 191 Å². The molecular formula is C23H24ClN5O3. The van der Waals surface area contributed by atoms with Crippen molar-refractivity contribution in [2.24, 2.45) is 0 Å². The van der Waals surface area contributed by atoms with Crippen LogP contribution in [0.5, 0.6) is 5.75 Å². The highest BCUT2D eigenvalue weighted by atomic mass is 35.5. The van der Waals surface area contributed by atoms with E-state index in [9.17, 15) is 9.59 Å².